The second-order valence-corrected chi connectivity index (χ2v) is 8.71. The van der Waals surface area contributed by atoms with Gasteiger partial charge in [-0.25, -0.2) is 4.79 Å². The third-order valence-electron chi connectivity index (χ3n) is 4.23. The van der Waals surface area contributed by atoms with Crippen molar-refractivity contribution in [2.45, 2.75) is 49.4 Å². The Morgan fingerprint density at radius 1 is 1.11 bits per heavy atom. The van der Waals surface area contributed by atoms with Crippen LogP contribution in [0.1, 0.15) is 37.7 Å². The number of hydrogen-bond acceptors (Lipinski definition) is 6. The normalized spacial score (nSPS) is 14.6. The lowest BCUT2D eigenvalue weighted by atomic mass is 9.96. The van der Waals surface area contributed by atoms with Gasteiger partial charge in [-0.05, 0) is 31.9 Å². The fraction of sp³-hybridized carbons (Fsp3) is 0.444. The van der Waals surface area contributed by atoms with Crippen molar-refractivity contribution in [2.75, 3.05) is 16.4 Å². The molecule has 1 aliphatic rings. The van der Waals surface area contributed by atoms with E-state index in [4.69, 9.17) is 0 Å². The number of carbonyl (C=O) groups is 2. The Hall–Kier alpha value is -2.13. The molecule has 1 aromatic carbocycles. The molecule has 1 aliphatic carbocycles. The fourth-order valence-corrected chi connectivity index (χ4v) is 4.39. The van der Waals surface area contributed by atoms with Gasteiger partial charge in [-0.15, -0.1) is 10.2 Å². The minimum atomic E-state index is -0.244. The molecule has 0 atom stereocenters. The number of thioether (sulfide) groups is 1. The maximum absolute atomic E-state index is 12.0. The molecule has 27 heavy (non-hydrogen) atoms. The van der Waals surface area contributed by atoms with Gasteiger partial charge in [0.15, 0.2) is 4.34 Å². The Balaban J connectivity index is 1.41. The van der Waals surface area contributed by atoms with Crippen LogP contribution in [-0.4, -0.2) is 33.9 Å². The Morgan fingerprint density at radius 2 is 1.85 bits per heavy atom. The molecule has 2 aromatic rings. The number of benzene rings is 1. The summed E-state index contributed by atoms with van der Waals surface area (Å²) in [5.74, 6) is 0.125. The Kier molecular flexibility index (Phi) is 7.05. The molecule has 0 radical (unpaired) electrons. The molecule has 0 aliphatic heterocycles. The predicted molar refractivity (Wildman–Crippen MR) is 109 cm³/mol. The summed E-state index contributed by atoms with van der Waals surface area (Å²) in [6.07, 6.45) is 5.63. The summed E-state index contributed by atoms with van der Waals surface area (Å²) in [6, 6.07) is 7.64. The number of hydrogen-bond donors (Lipinski definition) is 3. The van der Waals surface area contributed by atoms with Crippen molar-refractivity contribution < 1.29 is 9.59 Å². The van der Waals surface area contributed by atoms with E-state index < -0.39 is 0 Å². The van der Waals surface area contributed by atoms with E-state index in [1.54, 1.807) is 0 Å². The van der Waals surface area contributed by atoms with Gasteiger partial charge in [-0.1, -0.05) is 60.1 Å². The van der Waals surface area contributed by atoms with Gasteiger partial charge in [0.2, 0.25) is 11.0 Å². The van der Waals surface area contributed by atoms with Crippen molar-refractivity contribution in [3.8, 4) is 0 Å². The summed E-state index contributed by atoms with van der Waals surface area (Å²) in [4.78, 5) is 24.1. The average molecular weight is 406 g/mol. The minimum absolute atomic E-state index is 0.108. The molecule has 144 valence electrons. The maximum atomic E-state index is 12.0. The third-order valence-corrected chi connectivity index (χ3v) is 6.20. The highest BCUT2D eigenvalue weighted by Gasteiger charge is 2.17. The quantitative estimate of drug-likeness (QED) is 0.498. The molecule has 0 unspecified atom stereocenters. The van der Waals surface area contributed by atoms with Crippen LogP contribution in [0.15, 0.2) is 28.6 Å². The summed E-state index contributed by atoms with van der Waals surface area (Å²) in [5, 5.41) is 17.0. The smallest absolute Gasteiger partial charge is 0.321 e. The lowest BCUT2D eigenvalue weighted by Gasteiger charge is -2.22. The summed E-state index contributed by atoms with van der Waals surface area (Å²) in [7, 11) is 0. The van der Waals surface area contributed by atoms with E-state index in [-0.39, 0.29) is 23.7 Å². The maximum Gasteiger partial charge on any atom is 0.321 e. The molecule has 1 saturated carbocycles. The topological polar surface area (TPSA) is 96.0 Å². The van der Waals surface area contributed by atoms with E-state index in [0.717, 1.165) is 36.9 Å². The van der Waals surface area contributed by atoms with E-state index in [1.807, 2.05) is 31.2 Å². The van der Waals surface area contributed by atoms with Crippen LogP contribution in [0.2, 0.25) is 0 Å². The highest BCUT2D eigenvalue weighted by Crippen LogP contribution is 2.25. The molecule has 0 spiro atoms. The van der Waals surface area contributed by atoms with Crippen LogP contribution in [-0.2, 0) is 4.79 Å². The number of urea groups is 1. The first-order valence-electron chi connectivity index (χ1n) is 8.99. The van der Waals surface area contributed by atoms with E-state index in [2.05, 4.69) is 26.1 Å². The Bertz CT molecular complexity index is 772. The first-order chi connectivity index (χ1) is 13.1. The monoisotopic (exact) mass is 405 g/mol. The van der Waals surface area contributed by atoms with Crippen LogP contribution in [0.4, 0.5) is 15.6 Å². The average Bonchev–Trinajstić information content (AvgIpc) is 3.10. The number of rotatable bonds is 6. The summed E-state index contributed by atoms with van der Waals surface area (Å²) in [5.41, 5.74) is 1.91. The van der Waals surface area contributed by atoms with Gasteiger partial charge in [-0.3, -0.25) is 10.1 Å². The molecule has 1 heterocycles. The molecule has 9 heteroatoms. The lowest BCUT2D eigenvalue weighted by molar-refractivity contribution is -0.113. The number of nitrogens with zero attached hydrogens (tertiary/aromatic N) is 2. The van der Waals surface area contributed by atoms with Crippen LogP contribution in [0, 0.1) is 6.92 Å². The van der Waals surface area contributed by atoms with Gasteiger partial charge in [0.05, 0.1) is 5.75 Å². The van der Waals surface area contributed by atoms with Crippen LogP contribution < -0.4 is 16.0 Å². The van der Waals surface area contributed by atoms with Crippen molar-refractivity contribution in [1.29, 1.82) is 0 Å². The zero-order valence-electron chi connectivity index (χ0n) is 15.2. The van der Waals surface area contributed by atoms with Gasteiger partial charge in [0.25, 0.3) is 0 Å². The number of aromatic nitrogens is 2. The largest absolute Gasteiger partial charge is 0.335 e. The van der Waals surface area contributed by atoms with Gasteiger partial charge >= 0.3 is 6.03 Å². The Morgan fingerprint density at radius 3 is 2.59 bits per heavy atom. The highest BCUT2D eigenvalue weighted by molar-refractivity contribution is 8.01. The fourth-order valence-electron chi connectivity index (χ4n) is 2.85. The second-order valence-electron chi connectivity index (χ2n) is 6.51. The van der Waals surface area contributed by atoms with E-state index >= 15 is 0 Å². The predicted octanol–water partition coefficient (Wildman–Crippen LogP) is 4.03. The van der Waals surface area contributed by atoms with Crippen LogP contribution in [0.5, 0.6) is 0 Å². The number of carbonyl (C=O) groups excluding carboxylic acids is 2. The summed E-state index contributed by atoms with van der Waals surface area (Å²) in [6.45, 7) is 2.00. The van der Waals surface area contributed by atoms with Crippen molar-refractivity contribution in [2.24, 2.45) is 0 Å². The third kappa shape index (κ3) is 6.51. The summed E-state index contributed by atoms with van der Waals surface area (Å²) >= 11 is 2.56. The molecular weight excluding hydrogens is 382 g/mol. The van der Waals surface area contributed by atoms with E-state index in [1.165, 1.54) is 29.5 Å². The number of aryl methyl sites for hydroxylation is 1. The zero-order valence-corrected chi connectivity index (χ0v) is 16.8. The molecular formula is C18H23N5O2S2. The zero-order chi connectivity index (χ0) is 19.1. The molecule has 1 aromatic heterocycles. The van der Waals surface area contributed by atoms with Crippen LogP contribution in [0.25, 0.3) is 0 Å². The molecule has 3 rings (SSSR count). The van der Waals surface area contributed by atoms with Gasteiger partial charge < -0.3 is 10.6 Å². The minimum Gasteiger partial charge on any atom is -0.335 e. The first-order valence-corrected chi connectivity index (χ1v) is 10.8. The van der Waals surface area contributed by atoms with Gasteiger partial charge in [-0.2, -0.15) is 0 Å². The molecule has 3 N–H and O–H groups in total. The number of amides is 3. The summed E-state index contributed by atoms with van der Waals surface area (Å²) < 4.78 is 0.641. The van der Waals surface area contributed by atoms with Crippen LogP contribution >= 0.6 is 23.1 Å². The molecule has 0 saturated heterocycles. The van der Waals surface area contributed by atoms with Gasteiger partial charge in [0, 0.05) is 11.7 Å². The first kappa shape index (κ1) is 19.6. The van der Waals surface area contributed by atoms with E-state index in [0.29, 0.717) is 9.47 Å². The van der Waals surface area contributed by atoms with Crippen molar-refractivity contribution in [3.05, 3.63) is 29.8 Å². The second kappa shape index (κ2) is 9.70. The molecule has 3 amide bonds. The lowest BCUT2D eigenvalue weighted by Crippen LogP contribution is -2.38. The molecule has 0 bridgehead atoms. The molecule has 1 fully saturated rings. The van der Waals surface area contributed by atoms with Crippen molar-refractivity contribution in [1.82, 2.24) is 15.5 Å². The number of anilines is 2. The molecule has 7 nitrogen and oxygen atoms in total. The standard InChI is InChI=1S/C18H23N5O2S2/c1-12-7-9-14(10-8-12)19-15(24)11-26-18-23-22-17(27-18)21-16(25)20-13-5-3-2-4-6-13/h7-10,13H,2-6,11H2,1H3,(H,19,24)(H2,20,21,22,25). The van der Waals surface area contributed by atoms with E-state index in [9.17, 15) is 9.59 Å². The number of nitrogens with one attached hydrogen (secondary N) is 3. The highest BCUT2D eigenvalue weighted by atomic mass is 32.2. The van der Waals surface area contributed by atoms with Gasteiger partial charge in [0.1, 0.15) is 0 Å². The Labute approximate surface area is 166 Å². The SMILES string of the molecule is Cc1ccc(NC(=O)CSc2nnc(NC(=O)NC3CCCCC3)s2)cc1. The van der Waals surface area contributed by atoms with Crippen molar-refractivity contribution in [3.63, 3.8) is 0 Å². The van der Waals surface area contributed by atoms with Crippen LogP contribution in [0.3, 0.4) is 0 Å². The van der Waals surface area contributed by atoms with Crippen molar-refractivity contribution >= 4 is 45.9 Å².